The molecule has 1 N–H and O–H groups in total. The van der Waals surface area contributed by atoms with Crippen molar-refractivity contribution in [2.45, 2.75) is 6.54 Å². The number of hydrogen-bond donors (Lipinski definition) is 1. The summed E-state index contributed by atoms with van der Waals surface area (Å²) >= 11 is 5.98. The third-order valence-corrected chi connectivity index (χ3v) is 4.29. The van der Waals surface area contributed by atoms with Gasteiger partial charge >= 0.3 is 5.69 Å². The minimum absolute atomic E-state index is 0.242. The molecule has 136 valence electrons. The van der Waals surface area contributed by atoms with Crippen LogP contribution in [0.15, 0.2) is 53.6 Å². The zero-order valence-electron chi connectivity index (χ0n) is 14.2. The number of aromatic nitrogens is 4. The number of hydrogen-bond acceptors (Lipinski definition) is 5. The van der Waals surface area contributed by atoms with Crippen LogP contribution in [0, 0.1) is 0 Å². The summed E-state index contributed by atoms with van der Waals surface area (Å²) in [5.74, 6) is 0.130. The molecule has 2 aromatic heterocycles. The normalized spacial score (nSPS) is 11.0. The van der Waals surface area contributed by atoms with Crippen LogP contribution in [-0.2, 0) is 11.3 Å². The fourth-order valence-electron chi connectivity index (χ4n) is 2.81. The fourth-order valence-corrected chi connectivity index (χ4v) is 2.97. The molecule has 0 aliphatic rings. The van der Waals surface area contributed by atoms with Crippen molar-refractivity contribution in [1.29, 1.82) is 0 Å². The van der Waals surface area contributed by atoms with Crippen molar-refractivity contribution in [1.82, 2.24) is 19.2 Å². The van der Waals surface area contributed by atoms with Gasteiger partial charge in [-0.25, -0.2) is 18.9 Å². The average molecular weight is 384 g/mol. The minimum Gasteiger partial charge on any atom is -0.495 e. The average Bonchev–Trinajstić information content (AvgIpc) is 2.97. The second kappa shape index (κ2) is 6.73. The number of nitrogens with zero attached hydrogens (tertiary/aromatic N) is 4. The Morgan fingerprint density at radius 2 is 2.07 bits per heavy atom. The molecule has 0 aliphatic heterocycles. The zero-order valence-corrected chi connectivity index (χ0v) is 15.0. The van der Waals surface area contributed by atoms with Crippen LogP contribution in [0.2, 0.25) is 5.02 Å². The minimum atomic E-state index is -0.454. The third kappa shape index (κ3) is 3.11. The van der Waals surface area contributed by atoms with Crippen LogP contribution in [0.3, 0.4) is 0 Å². The summed E-state index contributed by atoms with van der Waals surface area (Å²) in [6.07, 6.45) is 1.37. The van der Waals surface area contributed by atoms with Crippen molar-refractivity contribution < 1.29 is 9.53 Å². The summed E-state index contributed by atoms with van der Waals surface area (Å²) in [5.41, 5.74) is 1.09. The Morgan fingerprint density at radius 3 is 2.89 bits per heavy atom. The number of methoxy groups -OCH3 is 1. The first-order valence-electron chi connectivity index (χ1n) is 8.03. The van der Waals surface area contributed by atoms with E-state index in [9.17, 15) is 9.59 Å². The van der Waals surface area contributed by atoms with Gasteiger partial charge in [0.2, 0.25) is 5.91 Å². The molecular formula is C18H14ClN5O3. The number of fused-ring (bicyclic) bond motifs is 3. The largest absolute Gasteiger partial charge is 0.495 e. The van der Waals surface area contributed by atoms with E-state index in [0.717, 1.165) is 4.68 Å². The Morgan fingerprint density at radius 1 is 1.26 bits per heavy atom. The van der Waals surface area contributed by atoms with Crippen molar-refractivity contribution >= 4 is 39.7 Å². The summed E-state index contributed by atoms with van der Waals surface area (Å²) in [4.78, 5) is 29.1. The first-order valence-corrected chi connectivity index (χ1v) is 8.41. The smallest absolute Gasteiger partial charge is 0.352 e. The quantitative estimate of drug-likeness (QED) is 0.584. The molecule has 0 aliphatic carbocycles. The van der Waals surface area contributed by atoms with E-state index in [2.05, 4.69) is 15.4 Å². The molecule has 27 heavy (non-hydrogen) atoms. The van der Waals surface area contributed by atoms with Gasteiger partial charge in [-0.05, 0) is 30.3 Å². The molecule has 9 heteroatoms. The van der Waals surface area contributed by atoms with Gasteiger partial charge in [-0.3, -0.25) is 4.79 Å². The molecule has 0 fully saturated rings. The first-order chi connectivity index (χ1) is 13.1. The highest BCUT2D eigenvalue weighted by molar-refractivity contribution is 6.31. The highest BCUT2D eigenvalue weighted by Gasteiger charge is 2.14. The third-order valence-electron chi connectivity index (χ3n) is 4.06. The summed E-state index contributed by atoms with van der Waals surface area (Å²) in [5, 5.41) is 8.21. The maximum atomic E-state index is 12.5. The number of carbonyl (C=O) groups excluding carboxylic acids is 1. The molecule has 4 rings (SSSR count). The highest BCUT2D eigenvalue weighted by atomic mass is 35.5. The molecule has 4 aromatic rings. The van der Waals surface area contributed by atoms with Gasteiger partial charge in [-0.1, -0.05) is 23.7 Å². The van der Waals surface area contributed by atoms with Crippen LogP contribution in [0.5, 0.6) is 5.75 Å². The highest BCUT2D eigenvalue weighted by Crippen LogP contribution is 2.23. The van der Waals surface area contributed by atoms with Gasteiger partial charge < -0.3 is 10.1 Å². The molecule has 0 saturated heterocycles. The number of nitrogens with one attached hydrogen (secondary N) is 1. The number of para-hydroxylation sites is 2. The van der Waals surface area contributed by atoms with Crippen LogP contribution in [0.1, 0.15) is 0 Å². The van der Waals surface area contributed by atoms with Crippen LogP contribution in [0.4, 0.5) is 5.69 Å². The molecule has 0 bridgehead atoms. The predicted molar refractivity (Wildman–Crippen MR) is 101 cm³/mol. The zero-order chi connectivity index (χ0) is 19.0. The molecule has 0 atom stereocenters. The van der Waals surface area contributed by atoms with E-state index in [0.29, 0.717) is 33.0 Å². The second-order valence-corrected chi connectivity index (χ2v) is 6.22. The number of rotatable bonds is 4. The topological polar surface area (TPSA) is 90.5 Å². The van der Waals surface area contributed by atoms with Gasteiger partial charge in [0, 0.05) is 10.4 Å². The lowest BCUT2D eigenvalue weighted by molar-refractivity contribution is -0.117. The molecular weight excluding hydrogens is 370 g/mol. The molecule has 0 unspecified atom stereocenters. The molecule has 0 spiro atoms. The van der Waals surface area contributed by atoms with E-state index in [-0.39, 0.29) is 6.54 Å². The maximum absolute atomic E-state index is 12.5. The number of ether oxygens (including phenoxy) is 1. The Bertz CT molecular complexity index is 1230. The second-order valence-electron chi connectivity index (χ2n) is 5.79. The van der Waals surface area contributed by atoms with Crippen LogP contribution in [0.25, 0.3) is 16.6 Å². The molecule has 2 aromatic carbocycles. The van der Waals surface area contributed by atoms with Crippen LogP contribution < -0.4 is 15.7 Å². The summed E-state index contributed by atoms with van der Waals surface area (Å²) in [7, 11) is 1.52. The monoisotopic (exact) mass is 383 g/mol. The maximum Gasteiger partial charge on any atom is 0.352 e. The predicted octanol–water partition coefficient (Wildman–Crippen LogP) is 2.34. The van der Waals surface area contributed by atoms with Crippen molar-refractivity contribution in [2.75, 3.05) is 12.4 Å². The fraction of sp³-hybridized carbons (Fsp3) is 0.111. The standard InChI is InChI=1S/C18H14ClN5O3/c1-27-15-5-3-2-4-13(15)21-16(25)9-24-18(26)23-10-20-14-8-11(19)6-7-12(14)17(23)22-24/h2-8,10H,9H2,1H3,(H,21,25). The van der Waals surface area contributed by atoms with E-state index in [1.54, 1.807) is 42.5 Å². The molecule has 8 nitrogen and oxygen atoms in total. The lowest BCUT2D eigenvalue weighted by atomic mass is 10.2. The van der Waals surface area contributed by atoms with Crippen LogP contribution >= 0.6 is 11.6 Å². The SMILES string of the molecule is COc1ccccc1NC(=O)Cn1nc2c3ccc(Cl)cc3ncn2c1=O. The van der Waals surface area contributed by atoms with E-state index in [4.69, 9.17) is 16.3 Å². The van der Waals surface area contributed by atoms with Gasteiger partial charge in [0.1, 0.15) is 18.6 Å². The number of anilines is 1. The molecule has 0 saturated carbocycles. The lowest BCUT2D eigenvalue weighted by Crippen LogP contribution is -2.28. The summed E-state index contributed by atoms with van der Waals surface area (Å²) in [6.45, 7) is -0.242. The summed E-state index contributed by atoms with van der Waals surface area (Å²) < 4.78 is 7.60. The van der Waals surface area contributed by atoms with Gasteiger partial charge in [0.05, 0.1) is 18.3 Å². The van der Waals surface area contributed by atoms with E-state index in [1.807, 2.05) is 0 Å². The number of halogens is 1. The Kier molecular flexibility index (Phi) is 4.25. The van der Waals surface area contributed by atoms with Gasteiger partial charge in [-0.15, -0.1) is 5.10 Å². The molecule has 0 radical (unpaired) electrons. The van der Waals surface area contributed by atoms with E-state index < -0.39 is 11.6 Å². The Balaban J connectivity index is 1.68. The van der Waals surface area contributed by atoms with Gasteiger partial charge in [-0.2, -0.15) is 0 Å². The van der Waals surface area contributed by atoms with Gasteiger partial charge in [0.25, 0.3) is 0 Å². The Hall–Kier alpha value is -3.39. The summed E-state index contributed by atoms with van der Waals surface area (Å²) in [6, 6.07) is 12.1. The van der Waals surface area contributed by atoms with Crippen molar-refractivity contribution in [2.24, 2.45) is 0 Å². The Labute approximate surface area is 158 Å². The van der Waals surface area contributed by atoms with Crippen LogP contribution in [-0.4, -0.2) is 32.2 Å². The van der Waals surface area contributed by atoms with Crippen molar-refractivity contribution in [3.8, 4) is 5.75 Å². The van der Waals surface area contributed by atoms with E-state index >= 15 is 0 Å². The number of benzene rings is 2. The molecule has 1 amide bonds. The van der Waals surface area contributed by atoms with Gasteiger partial charge in [0.15, 0.2) is 5.65 Å². The lowest BCUT2D eigenvalue weighted by Gasteiger charge is -2.09. The number of carbonyl (C=O) groups is 1. The van der Waals surface area contributed by atoms with E-state index in [1.165, 1.54) is 17.8 Å². The molecule has 2 heterocycles. The van der Waals surface area contributed by atoms with Crippen molar-refractivity contribution in [3.05, 3.63) is 64.3 Å². The number of amides is 1. The first kappa shape index (κ1) is 17.0. The van der Waals surface area contributed by atoms with Crippen molar-refractivity contribution in [3.63, 3.8) is 0 Å².